The lowest BCUT2D eigenvalue weighted by atomic mass is 10.3. The highest BCUT2D eigenvalue weighted by atomic mass is 79.9. The van der Waals surface area contributed by atoms with Gasteiger partial charge in [-0.05, 0) is 0 Å². The molecule has 0 bridgehead atoms. The Hall–Kier alpha value is -0.320. The van der Waals surface area contributed by atoms with Crippen molar-refractivity contribution in [3.63, 3.8) is 0 Å². The number of halogens is 3. The van der Waals surface area contributed by atoms with Crippen molar-refractivity contribution in [2.24, 2.45) is 0 Å². The number of anilines is 1. The molecule has 0 aliphatic carbocycles. The second kappa shape index (κ2) is 4.28. The fourth-order valence-corrected chi connectivity index (χ4v) is 2.68. The van der Waals surface area contributed by atoms with E-state index in [9.17, 15) is 4.79 Å². The van der Waals surface area contributed by atoms with Crippen LogP contribution in [0.25, 0.3) is 0 Å². The van der Waals surface area contributed by atoms with Crippen LogP contribution >= 0.6 is 39.1 Å². The molecule has 1 unspecified atom stereocenters. The zero-order valence-electron chi connectivity index (χ0n) is 7.58. The van der Waals surface area contributed by atoms with Gasteiger partial charge in [0, 0.05) is 30.2 Å². The Kier molecular flexibility index (Phi) is 3.19. The van der Waals surface area contributed by atoms with Gasteiger partial charge in [-0.15, -0.1) is 0 Å². The van der Waals surface area contributed by atoms with Gasteiger partial charge in [-0.25, -0.2) is 0 Å². The van der Waals surface area contributed by atoms with Crippen LogP contribution in [0.1, 0.15) is 6.42 Å². The Bertz CT molecular complexity index is 393. The van der Waals surface area contributed by atoms with Gasteiger partial charge in [-0.2, -0.15) is 0 Å². The van der Waals surface area contributed by atoms with Gasteiger partial charge in [0.15, 0.2) is 0 Å². The predicted molar refractivity (Wildman–Crippen MR) is 63.9 cm³/mol. The van der Waals surface area contributed by atoms with Crippen LogP contribution in [0.3, 0.4) is 0 Å². The molecule has 1 fully saturated rings. The molecule has 1 aromatic rings. The Morgan fingerprint density at radius 2 is 2.00 bits per heavy atom. The molecule has 1 aliphatic rings. The summed E-state index contributed by atoms with van der Waals surface area (Å²) in [6.45, 7) is 0.586. The Balaban J connectivity index is 2.41. The molecule has 0 saturated carbocycles. The minimum atomic E-state index is 0.0203. The molecule has 80 valence electrons. The number of carbonyl (C=O) groups excluding carboxylic acids is 1. The first-order valence-electron chi connectivity index (χ1n) is 4.33. The van der Waals surface area contributed by atoms with Crippen molar-refractivity contribution in [1.82, 2.24) is 4.98 Å². The largest absolute Gasteiger partial charge is 0.308 e. The standard InChI is InChI=1S/C9H7BrCl2N2O/c10-5-1-8(15)14(4-5)9-6(11)2-13-3-7(9)12/h2-3,5H,1,4H2. The van der Waals surface area contributed by atoms with Crippen LogP contribution in [0.2, 0.25) is 10.0 Å². The fraction of sp³-hybridized carbons (Fsp3) is 0.333. The molecule has 6 heteroatoms. The summed E-state index contributed by atoms with van der Waals surface area (Å²) < 4.78 is 0. The van der Waals surface area contributed by atoms with Crippen molar-refractivity contribution in [3.8, 4) is 0 Å². The molecule has 0 aromatic carbocycles. The third-order valence-electron chi connectivity index (χ3n) is 2.18. The number of pyridine rings is 1. The van der Waals surface area contributed by atoms with Gasteiger partial charge in [0.1, 0.15) is 0 Å². The van der Waals surface area contributed by atoms with Crippen LogP contribution < -0.4 is 4.90 Å². The van der Waals surface area contributed by atoms with Gasteiger partial charge in [0.2, 0.25) is 5.91 Å². The van der Waals surface area contributed by atoms with Crippen molar-refractivity contribution in [3.05, 3.63) is 22.4 Å². The number of hydrogen-bond acceptors (Lipinski definition) is 2. The van der Waals surface area contributed by atoms with Gasteiger partial charge < -0.3 is 4.90 Å². The van der Waals surface area contributed by atoms with Gasteiger partial charge in [-0.3, -0.25) is 9.78 Å². The molecule has 1 amide bonds. The normalized spacial score (nSPS) is 21.1. The summed E-state index contributed by atoms with van der Waals surface area (Å²) >= 11 is 15.3. The first-order chi connectivity index (χ1) is 7.09. The number of amides is 1. The Morgan fingerprint density at radius 3 is 2.47 bits per heavy atom. The van der Waals surface area contributed by atoms with Crippen LogP contribution in [0.15, 0.2) is 12.4 Å². The van der Waals surface area contributed by atoms with E-state index in [0.717, 1.165) is 0 Å². The van der Waals surface area contributed by atoms with Crippen molar-refractivity contribution >= 4 is 50.7 Å². The number of hydrogen-bond donors (Lipinski definition) is 0. The number of aromatic nitrogens is 1. The molecule has 3 nitrogen and oxygen atoms in total. The maximum atomic E-state index is 11.6. The highest BCUT2D eigenvalue weighted by molar-refractivity contribution is 9.09. The number of carbonyl (C=O) groups is 1. The Labute approximate surface area is 106 Å². The minimum Gasteiger partial charge on any atom is -0.308 e. The van der Waals surface area contributed by atoms with E-state index >= 15 is 0 Å². The lowest BCUT2D eigenvalue weighted by Crippen LogP contribution is -2.25. The molecule has 1 aliphatic heterocycles. The quantitative estimate of drug-likeness (QED) is 0.747. The van der Waals surface area contributed by atoms with E-state index < -0.39 is 0 Å². The predicted octanol–water partition coefficient (Wildman–Crippen LogP) is 2.89. The molecule has 0 spiro atoms. The monoisotopic (exact) mass is 308 g/mol. The van der Waals surface area contributed by atoms with Crippen molar-refractivity contribution in [2.75, 3.05) is 11.4 Å². The Morgan fingerprint density at radius 1 is 1.40 bits per heavy atom. The number of nitrogens with zero attached hydrogens (tertiary/aromatic N) is 2. The van der Waals surface area contributed by atoms with Crippen LogP contribution in [0.5, 0.6) is 0 Å². The zero-order valence-corrected chi connectivity index (χ0v) is 10.7. The average Bonchev–Trinajstić information content (AvgIpc) is 2.45. The lowest BCUT2D eigenvalue weighted by molar-refractivity contribution is -0.117. The molecule has 0 radical (unpaired) electrons. The first kappa shape index (κ1) is 11.2. The molecule has 1 atom stereocenters. The van der Waals surface area contributed by atoms with Crippen molar-refractivity contribution in [1.29, 1.82) is 0 Å². The average molecular weight is 310 g/mol. The van der Waals surface area contributed by atoms with Crippen molar-refractivity contribution < 1.29 is 4.79 Å². The third-order valence-corrected chi connectivity index (χ3v) is 3.34. The number of rotatable bonds is 1. The van der Waals surface area contributed by atoms with E-state index in [-0.39, 0.29) is 10.7 Å². The summed E-state index contributed by atoms with van der Waals surface area (Å²) in [5, 5.41) is 0.801. The van der Waals surface area contributed by atoms with Gasteiger partial charge in [0.05, 0.1) is 15.7 Å². The molecule has 1 saturated heterocycles. The second-order valence-electron chi connectivity index (χ2n) is 3.26. The lowest BCUT2D eigenvalue weighted by Gasteiger charge is -2.18. The van der Waals surface area contributed by atoms with Gasteiger partial charge in [0.25, 0.3) is 0 Å². The van der Waals surface area contributed by atoms with Gasteiger partial charge >= 0.3 is 0 Å². The molecule has 2 rings (SSSR count). The number of alkyl halides is 1. The zero-order chi connectivity index (χ0) is 11.0. The van der Waals surface area contributed by atoms with E-state index in [1.165, 1.54) is 12.4 Å². The summed E-state index contributed by atoms with van der Waals surface area (Å²) in [6.07, 6.45) is 3.43. The molecule has 2 heterocycles. The maximum absolute atomic E-state index is 11.6. The first-order valence-corrected chi connectivity index (χ1v) is 6.00. The van der Waals surface area contributed by atoms with Crippen LogP contribution in [-0.2, 0) is 4.79 Å². The summed E-state index contributed by atoms with van der Waals surface area (Å²) in [5.41, 5.74) is 0.556. The minimum absolute atomic E-state index is 0.0203. The summed E-state index contributed by atoms with van der Waals surface area (Å²) in [7, 11) is 0. The van der Waals surface area contributed by atoms with Crippen molar-refractivity contribution in [2.45, 2.75) is 11.2 Å². The van der Waals surface area contributed by atoms with E-state index in [1.807, 2.05) is 0 Å². The van der Waals surface area contributed by atoms with E-state index in [0.29, 0.717) is 28.7 Å². The smallest absolute Gasteiger partial charge is 0.228 e. The van der Waals surface area contributed by atoms with E-state index in [4.69, 9.17) is 23.2 Å². The topological polar surface area (TPSA) is 33.2 Å². The van der Waals surface area contributed by atoms with Crippen LogP contribution in [0.4, 0.5) is 5.69 Å². The van der Waals surface area contributed by atoms with Crippen LogP contribution in [0, 0.1) is 0 Å². The SMILES string of the molecule is O=C1CC(Br)CN1c1c(Cl)cncc1Cl. The van der Waals surface area contributed by atoms with E-state index in [1.54, 1.807) is 4.90 Å². The van der Waals surface area contributed by atoms with Crippen LogP contribution in [-0.4, -0.2) is 22.3 Å². The summed E-state index contributed by atoms with van der Waals surface area (Å²) in [4.78, 5) is 17.2. The highest BCUT2D eigenvalue weighted by Crippen LogP contribution is 2.36. The molecular weight excluding hydrogens is 303 g/mol. The molecule has 0 N–H and O–H groups in total. The molecular formula is C9H7BrCl2N2O. The highest BCUT2D eigenvalue weighted by Gasteiger charge is 2.31. The molecule has 1 aromatic heterocycles. The van der Waals surface area contributed by atoms with Gasteiger partial charge in [-0.1, -0.05) is 39.1 Å². The summed E-state index contributed by atoms with van der Waals surface area (Å²) in [5.74, 6) is 0.0203. The summed E-state index contributed by atoms with van der Waals surface area (Å²) in [6, 6.07) is 0. The maximum Gasteiger partial charge on any atom is 0.228 e. The molecule has 15 heavy (non-hydrogen) atoms. The fourth-order valence-electron chi connectivity index (χ4n) is 1.54. The van der Waals surface area contributed by atoms with E-state index in [2.05, 4.69) is 20.9 Å². The second-order valence-corrected chi connectivity index (χ2v) is 5.37. The third kappa shape index (κ3) is 2.12.